The molecule has 12 aromatic rings. The summed E-state index contributed by atoms with van der Waals surface area (Å²) in [5.74, 6) is 0. The van der Waals surface area contributed by atoms with Crippen molar-refractivity contribution in [3.8, 4) is 0 Å². The predicted octanol–water partition coefficient (Wildman–Crippen LogP) is 15.1. The maximum atomic E-state index is 8.91. The number of fused-ring (bicyclic) bond motifs is 8. The summed E-state index contributed by atoms with van der Waals surface area (Å²) >= 11 is 0. The lowest BCUT2D eigenvalue weighted by atomic mass is 9.55. The monoisotopic (exact) mass is 763 g/mol. The first-order valence-corrected chi connectivity index (χ1v) is 20.9. The lowest BCUT2D eigenvalue weighted by Crippen LogP contribution is -2.56. The van der Waals surface area contributed by atoms with E-state index in [0.717, 1.165) is 21.9 Å². The number of nitrogens with two attached hydrogens (primary N) is 1. The molecular formula is C59H41N. The molecule has 0 aliphatic carbocycles. The smallest absolute Gasteiger partial charge is 0.0814 e. The van der Waals surface area contributed by atoms with E-state index >= 15 is 0 Å². The van der Waals surface area contributed by atoms with Crippen LogP contribution in [0.2, 0.25) is 0 Å². The third-order valence-corrected chi connectivity index (χ3v) is 13.7. The van der Waals surface area contributed by atoms with Crippen LogP contribution in [0, 0.1) is 0 Å². The summed E-state index contributed by atoms with van der Waals surface area (Å²) in [5.41, 5.74) is 11.4. The molecule has 0 atom stereocenters. The fourth-order valence-corrected chi connectivity index (χ4v) is 10.7. The Balaban J connectivity index is 1.31. The summed E-state index contributed by atoms with van der Waals surface area (Å²) in [6.45, 7) is 2.43. The van der Waals surface area contributed by atoms with E-state index in [1.807, 2.05) is 0 Å². The minimum Gasteiger partial charge on any atom is -0.317 e. The van der Waals surface area contributed by atoms with E-state index in [-0.39, 0.29) is 0 Å². The first kappa shape index (κ1) is 34.7. The molecule has 2 N–H and O–H groups in total. The van der Waals surface area contributed by atoms with Crippen LogP contribution in [-0.2, 0) is 11.0 Å². The molecule has 0 saturated heterocycles. The number of hydrogen-bond acceptors (Lipinski definition) is 1. The van der Waals surface area contributed by atoms with Crippen molar-refractivity contribution in [3.05, 3.63) is 241 Å². The summed E-state index contributed by atoms with van der Waals surface area (Å²) < 4.78 is 0. The molecule has 0 unspecified atom stereocenters. The minimum absolute atomic E-state index is 0.864. The molecule has 282 valence electrons. The zero-order valence-electron chi connectivity index (χ0n) is 33.4. The van der Waals surface area contributed by atoms with Gasteiger partial charge in [0.15, 0.2) is 0 Å². The average molecular weight is 764 g/mol. The lowest BCUT2D eigenvalue weighted by Gasteiger charge is -2.50. The first-order valence-electron chi connectivity index (χ1n) is 20.9. The third-order valence-electron chi connectivity index (χ3n) is 13.7. The van der Waals surface area contributed by atoms with Crippen molar-refractivity contribution < 1.29 is 0 Å². The van der Waals surface area contributed by atoms with E-state index in [1.165, 1.54) is 86.5 Å². The maximum Gasteiger partial charge on any atom is 0.0814 e. The Kier molecular flexibility index (Phi) is 7.57. The molecule has 0 spiro atoms. The van der Waals surface area contributed by atoms with Crippen LogP contribution in [0.15, 0.2) is 218 Å². The Morgan fingerprint density at radius 3 is 0.750 bits per heavy atom. The fraction of sp³-hybridized carbons (Fsp3) is 0.0508. The molecule has 0 radical (unpaired) electrons. The Hall–Kier alpha value is -7.32. The quantitative estimate of drug-likeness (QED) is 0.174. The number of benzene rings is 12. The van der Waals surface area contributed by atoms with Crippen molar-refractivity contribution in [2.75, 3.05) is 0 Å². The highest BCUT2D eigenvalue weighted by Crippen LogP contribution is 2.56. The van der Waals surface area contributed by atoms with E-state index < -0.39 is 11.0 Å². The van der Waals surface area contributed by atoms with E-state index in [0.29, 0.717) is 0 Å². The summed E-state index contributed by atoms with van der Waals surface area (Å²) in [6.07, 6.45) is 0. The third kappa shape index (κ3) is 5.03. The molecule has 0 heterocycles. The predicted molar refractivity (Wildman–Crippen MR) is 257 cm³/mol. The van der Waals surface area contributed by atoms with Gasteiger partial charge in [-0.2, -0.15) is 0 Å². The van der Waals surface area contributed by atoms with Crippen molar-refractivity contribution in [2.45, 2.75) is 17.9 Å². The van der Waals surface area contributed by atoms with Crippen molar-refractivity contribution in [3.63, 3.8) is 0 Å². The largest absolute Gasteiger partial charge is 0.317 e. The molecule has 0 aliphatic rings. The zero-order valence-corrected chi connectivity index (χ0v) is 33.4. The van der Waals surface area contributed by atoms with Crippen LogP contribution < -0.4 is 5.73 Å². The second-order valence-corrected chi connectivity index (χ2v) is 16.8. The summed E-state index contributed by atoms with van der Waals surface area (Å²) in [6, 6.07) is 80.9. The normalized spacial score (nSPS) is 12.5. The van der Waals surface area contributed by atoms with E-state index in [4.69, 9.17) is 5.73 Å². The van der Waals surface area contributed by atoms with Crippen LogP contribution in [0.4, 0.5) is 0 Å². The van der Waals surface area contributed by atoms with Gasteiger partial charge in [-0.25, -0.2) is 0 Å². The molecule has 0 fully saturated rings. The van der Waals surface area contributed by atoms with Gasteiger partial charge in [0.1, 0.15) is 0 Å². The van der Waals surface area contributed by atoms with Gasteiger partial charge in [-0.3, -0.25) is 0 Å². The number of hydrogen-bond donors (Lipinski definition) is 1. The molecule has 0 amide bonds. The van der Waals surface area contributed by atoms with Gasteiger partial charge < -0.3 is 5.73 Å². The fourth-order valence-electron chi connectivity index (χ4n) is 10.7. The maximum absolute atomic E-state index is 8.91. The second-order valence-electron chi connectivity index (χ2n) is 16.8. The van der Waals surface area contributed by atoms with Crippen LogP contribution in [0.3, 0.4) is 0 Å². The van der Waals surface area contributed by atoms with Gasteiger partial charge in [-0.15, -0.1) is 0 Å². The van der Waals surface area contributed by atoms with Gasteiger partial charge in [0.25, 0.3) is 0 Å². The van der Waals surface area contributed by atoms with Gasteiger partial charge in [0, 0.05) is 5.41 Å². The Bertz CT molecular complexity index is 3220. The van der Waals surface area contributed by atoms with Crippen LogP contribution >= 0.6 is 0 Å². The van der Waals surface area contributed by atoms with Crippen LogP contribution in [0.5, 0.6) is 0 Å². The molecule has 0 aliphatic heterocycles. The van der Waals surface area contributed by atoms with Crippen LogP contribution in [0.1, 0.15) is 29.2 Å². The topological polar surface area (TPSA) is 26.0 Å². The molecular weight excluding hydrogens is 723 g/mol. The Labute approximate surface area is 348 Å². The molecule has 12 rings (SSSR count). The standard InChI is InChI=1S/C59H41N/c1-58(54-26-10-22-46-30-38-14-2-6-18-42(38)34-50(46)54,55-27-11-23-47-31-39-15-3-7-19-43(39)35-51(47)55)59(60,56-28-12-24-48-32-40-16-4-8-20-44(40)36-52(48)56)57-29-13-25-49-33-41-17-5-9-21-45(41)37-53(49)57/h2-37H,60H2,1H3. The molecule has 0 saturated carbocycles. The summed E-state index contributed by atoms with van der Waals surface area (Å²) in [7, 11) is 0. The first-order chi connectivity index (χ1) is 29.5. The lowest BCUT2D eigenvalue weighted by molar-refractivity contribution is 0.351. The van der Waals surface area contributed by atoms with Gasteiger partial charge in [0.2, 0.25) is 0 Å². The Morgan fingerprint density at radius 2 is 0.467 bits per heavy atom. The van der Waals surface area contributed by atoms with Gasteiger partial charge in [-0.1, -0.05) is 170 Å². The van der Waals surface area contributed by atoms with E-state index in [1.54, 1.807) is 0 Å². The van der Waals surface area contributed by atoms with Crippen molar-refractivity contribution >= 4 is 86.2 Å². The molecule has 1 heteroatoms. The molecule has 60 heavy (non-hydrogen) atoms. The number of rotatable bonds is 5. The van der Waals surface area contributed by atoms with Crippen LogP contribution in [-0.4, -0.2) is 0 Å². The summed E-state index contributed by atoms with van der Waals surface area (Å²) in [5, 5.41) is 19.1. The van der Waals surface area contributed by atoms with Gasteiger partial charge in [-0.05, 0) is 164 Å². The van der Waals surface area contributed by atoms with Gasteiger partial charge >= 0.3 is 0 Å². The molecule has 0 bridgehead atoms. The summed E-state index contributed by atoms with van der Waals surface area (Å²) in [4.78, 5) is 0. The van der Waals surface area contributed by atoms with Gasteiger partial charge in [0.05, 0.1) is 5.54 Å². The second kappa shape index (κ2) is 13.1. The highest BCUT2D eigenvalue weighted by atomic mass is 14.8. The van der Waals surface area contributed by atoms with Crippen molar-refractivity contribution in [2.24, 2.45) is 5.73 Å². The van der Waals surface area contributed by atoms with Crippen molar-refractivity contribution in [1.29, 1.82) is 0 Å². The minimum atomic E-state index is -1.14. The van der Waals surface area contributed by atoms with Crippen LogP contribution in [0.25, 0.3) is 86.2 Å². The molecule has 12 aromatic carbocycles. The average Bonchev–Trinajstić information content (AvgIpc) is 3.30. The highest BCUT2D eigenvalue weighted by molar-refractivity contribution is 6.06. The highest BCUT2D eigenvalue weighted by Gasteiger charge is 2.53. The zero-order chi connectivity index (χ0) is 40.0. The SMILES string of the molecule is CC(c1cccc2cc3ccccc3cc12)(c1cccc2cc3ccccc3cc12)C(N)(c1cccc2cc3ccccc3cc12)c1cccc2cc3ccccc3cc12. The Morgan fingerprint density at radius 1 is 0.250 bits per heavy atom. The van der Waals surface area contributed by atoms with Crippen molar-refractivity contribution in [1.82, 2.24) is 0 Å². The van der Waals surface area contributed by atoms with E-state index in [2.05, 4.69) is 225 Å². The molecule has 0 aromatic heterocycles. The molecule has 1 nitrogen and oxygen atoms in total. The van der Waals surface area contributed by atoms with E-state index in [9.17, 15) is 0 Å².